The number of hydrogen-bond acceptors (Lipinski definition) is 3. The van der Waals surface area contributed by atoms with Crippen molar-refractivity contribution in [2.24, 2.45) is 5.92 Å². The van der Waals surface area contributed by atoms with Gasteiger partial charge in [0.1, 0.15) is 11.5 Å². The summed E-state index contributed by atoms with van der Waals surface area (Å²) in [6.45, 7) is 0. The van der Waals surface area contributed by atoms with Crippen LogP contribution in [0.4, 0.5) is 5.69 Å². The second kappa shape index (κ2) is 7.05. The first-order valence-corrected chi connectivity index (χ1v) is 10.9. The molecule has 0 bridgehead atoms. The lowest BCUT2D eigenvalue weighted by molar-refractivity contribution is 0.372. The molecule has 1 aliphatic heterocycles. The van der Waals surface area contributed by atoms with Gasteiger partial charge < -0.3 is 14.8 Å². The van der Waals surface area contributed by atoms with Gasteiger partial charge in [-0.15, -0.1) is 0 Å². The quantitative estimate of drug-likeness (QED) is 0.298. The Morgan fingerprint density at radius 2 is 1.42 bits per heavy atom. The lowest BCUT2D eigenvalue weighted by Gasteiger charge is -2.39. The molecule has 0 aromatic heterocycles. The highest BCUT2D eigenvalue weighted by atomic mass is 16.5. The van der Waals surface area contributed by atoms with E-state index >= 15 is 0 Å². The Balaban J connectivity index is 1.65. The molecule has 31 heavy (non-hydrogen) atoms. The van der Waals surface area contributed by atoms with Gasteiger partial charge in [0.05, 0.1) is 25.9 Å². The highest BCUT2D eigenvalue weighted by Crippen LogP contribution is 2.56. The molecule has 0 spiro atoms. The van der Waals surface area contributed by atoms with E-state index in [-0.39, 0.29) is 6.04 Å². The molecular weight excluding hydrogens is 382 g/mol. The molecule has 2 aliphatic rings. The van der Waals surface area contributed by atoms with Crippen molar-refractivity contribution < 1.29 is 9.47 Å². The zero-order valence-electron chi connectivity index (χ0n) is 17.8. The molecule has 0 amide bonds. The molecule has 3 atom stereocenters. The van der Waals surface area contributed by atoms with Crippen LogP contribution in [0.5, 0.6) is 11.5 Å². The molecule has 0 radical (unpaired) electrons. The van der Waals surface area contributed by atoms with E-state index in [1.807, 2.05) is 12.1 Å². The van der Waals surface area contributed by atoms with Crippen molar-refractivity contribution in [3.05, 3.63) is 90.0 Å². The van der Waals surface area contributed by atoms with Crippen LogP contribution >= 0.6 is 0 Å². The molecule has 0 saturated carbocycles. The average Bonchev–Trinajstić information content (AvgIpc) is 3.31. The van der Waals surface area contributed by atoms with E-state index in [4.69, 9.17) is 9.47 Å². The van der Waals surface area contributed by atoms with E-state index in [0.29, 0.717) is 11.8 Å². The van der Waals surface area contributed by atoms with Gasteiger partial charge in [-0.25, -0.2) is 0 Å². The third-order valence-electron chi connectivity index (χ3n) is 7.01. The summed E-state index contributed by atoms with van der Waals surface area (Å²) in [6, 6.07) is 24.0. The van der Waals surface area contributed by atoms with Crippen LogP contribution in [0.2, 0.25) is 0 Å². The predicted octanol–water partition coefficient (Wildman–Crippen LogP) is 6.84. The second-order valence-electron chi connectivity index (χ2n) is 8.47. The molecule has 3 nitrogen and oxygen atoms in total. The third kappa shape index (κ3) is 2.66. The number of rotatable bonds is 3. The Hall–Kier alpha value is -3.46. The maximum Gasteiger partial charge on any atom is 0.142 e. The minimum absolute atomic E-state index is 0.171. The fraction of sp³-hybridized carbons (Fsp3) is 0.214. The average molecular weight is 408 g/mol. The Morgan fingerprint density at radius 1 is 0.774 bits per heavy atom. The summed E-state index contributed by atoms with van der Waals surface area (Å²) >= 11 is 0. The zero-order valence-corrected chi connectivity index (χ0v) is 17.8. The van der Waals surface area contributed by atoms with E-state index in [1.165, 1.54) is 32.7 Å². The first kappa shape index (κ1) is 18.3. The van der Waals surface area contributed by atoms with Crippen LogP contribution in [0.3, 0.4) is 0 Å². The van der Waals surface area contributed by atoms with Crippen LogP contribution in [0.1, 0.15) is 29.5 Å². The Morgan fingerprint density at radius 3 is 2.10 bits per heavy atom. The van der Waals surface area contributed by atoms with Crippen LogP contribution in [-0.2, 0) is 0 Å². The van der Waals surface area contributed by atoms with E-state index in [1.54, 1.807) is 14.2 Å². The maximum atomic E-state index is 5.78. The van der Waals surface area contributed by atoms with E-state index < -0.39 is 0 Å². The lowest BCUT2D eigenvalue weighted by atomic mass is 9.74. The molecule has 3 heteroatoms. The maximum absolute atomic E-state index is 5.78. The summed E-state index contributed by atoms with van der Waals surface area (Å²) in [7, 11) is 3.49. The monoisotopic (exact) mass is 407 g/mol. The van der Waals surface area contributed by atoms with Gasteiger partial charge in [-0.1, -0.05) is 60.7 Å². The van der Waals surface area contributed by atoms with Gasteiger partial charge in [-0.3, -0.25) is 0 Å². The van der Waals surface area contributed by atoms with Crippen molar-refractivity contribution in [1.29, 1.82) is 0 Å². The van der Waals surface area contributed by atoms with E-state index in [9.17, 15) is 0 Å². The normalized spacial score (nSPS) is 21.5. The smallest absolute Gasteiger partial charge is 0.142 e. The highest BCUT2D eigenvalue weighted by Gasteiger charge is 2.41. The molecule has 0 saturated heterocycles. The van der Waals surface area contributed by atoms with Gasteiger partial charge in [-0.05, 0) is 57.6 Å². The van der Waals surface area contributed by atoms with Gasteiger partial charge >= 0.3 is 0 Å². The summed E-state index contributed by atoms with van der Waals surface area (Å²) < 4.78 is 11.5. The Bertz CT molecular complexity index is 1290. The number of anilines is 1. The molecule has 4 aromatic rings. The van der Waals surface area contributed by atoms with Crippen molar-refractivity contribution >= 4 is 27.2 Å². The minimum Gasteiger partial charge on any atom is -0.496 e. The molecule has 4 aromatic carbocycles. The van der Waals surface area contributed by atoms with Crippen LogP contribution in [0.15, 0.2) is 78.9 Å². The summed E-state index contributed by atoms with van der Waals surface area (Å²) in [5.41, 5.74) is 3.64. The molecule has 0 unspecified atom stereocenters. The summed E-state index contributed by atoms with van der Waals surface area (Å²) in [5, 5.41) is 9.11. The van der Waals surface area contributed by atoms with Crippen molar-refractivity contribution in [3.8, 4) is 11.5 Å². The summed E-state index contributed by atoms with van der Waals surface area (Å²) in [4.78, 5) is 0. The highest BCUT2D eigenvalue weighted by molar-refractivity contribution is 6.03. The molecular formula is C28H25NO2. The predicted molar refractivity (Wildman–Crippen MR) is 127 cm³/mol. The second-order valence-corrected chi connectivity index (χ2v) is 8.47. The minimum atomic E-state index is 0.171. The first-order valence-electron chi connectivity index (χ1n) is 10.9. The van der Waals surface area contributed by atoms with Crippen LogP contribution in [0.25, 0.3) is 21.5 Å². The van der Waals surface area contributed by atoms with Crippen LogP contribution < -0.4 is 14.8 Å². The van der Waals surface area contributed by atoms with E-state index in [0.717, 1.165) is 23.6 Å². The van der Waals surface area contributed by atoms with E-state index in [2.05, 4.69) is 72.1 Å². The van der Waals surface area contributed by atoms with Gasteiger partial charge in [0, 0.05) is 11.5 Å². The van der Waals surface area contributed by atoms with Gasteiger partial charge in [0.2, 0.25) is 0 Å². The Kier molecular flexibility index (Phi) is 4.17. The van der Waals surface area contributed by atoms with Crippen LogP contribution in [0, 0.1) is 5.92 Å². The number of ether oxygens (including phenoxy) is 2. The van der Waals surface area contributed by atoms with Crippen molar-refractivity contribution in [3.63, 3.8) is 0 Å². The van der Waals surface area contributed by atoms with Gasteiger partial charge in [-0.2, -0.15) is 0 Å². The molecule has 154 valence electrons. The Labute approximate surface area is 182 Å². The van der Waals surface area contributed by atoms with Crippen molar-refractivity contribution in [2.75, 3.05) is 19.5 Å². The molecule has 6 rings (SSSR count). The van der Waals surface area contributed by atoms with Crippen molar-refractivity contribution in [2.45, 2.75) is 18.4 Å². The third-order valence-corrected chi connectivity index (χ3v) is 7.01. The standard InChI is InChI=1S/C28H25NO2/c1-30-23-14-15-24(31-2)28-26(23)21-12-7-13-22(21)27(29-28)25-19-10-5-3-8-17(19)16-18-9-4-6-11-20(18)25/h3-12,14-16,21-22,27,29H,13H2,1-2H3/t21-,22+,27-/m1/s1. The summed E-state index contributed by atoms with van der Waals surface area (Å²) in [6.07, 6.45) is 5.72. The zero-order chi connectivity index (χ0) is 20.9. The number of methoxy groups -OCH3 is 2. The van der Waals surface area contributed by atoms with Gasteiger partial charge in [0.25, 0.3) is 0 Å². The largest absolute Gasteiger partial charge is 0.496 e. The molecule has 1 heterocycles. The number of allylic oxidation sites excluding steroid dienone is 2. The van der Waals surface area contributed by atoms with Gasteiger partial charge in [0.15, 0.2) is 0 Å². The molecule has 1 aliphatic carbocycles. The fourth-order valence-corrected chi connectivity index (χ4v) is 5.67. The topological polar surface area (TPSA) is 30.5 Å². The molecule has 0 fully saturated rings. The number of nitrogens with one attached hydrogen (secondary N) is 1. The molecule has 1 N–H and O–H groups in total. The van der Waals surface area contributed by atoms with Crippen LogP contribution in [-0.4, -0.2) is 14.2 Å². The number of fused-ring (bicyclic) bond motifs is 5. The fourth-order valence-electron chi connectivity index (χ4n) is 5.67. The summed E-state index contributed by atoms with van der Waals surface area (Å²) in [5.74, 6) is 2.50. The number of hydrogen-bond donors (Lipinski definition) is 1. The van der Waals surface area contributed by atoms with Crippen molar-refractivity contribution in [1.82, 2.24) is 0 Å². The number of benzene rings is 4. The lowest BCUT2D eigenvalue weighted by Crippen LogP contribution is -2.30. The SMILES string of the molecule is COc1ccc(OC)c2c1N[C@@H](c1c3ccccc3cc3ccccc13)[C@H]1CC=C[C@@H]21. The first-order chi connectivity index (χ1) is 15.3.